The van der Waals surface area contributed by atoms with Gasteiger partial charge in [0, 0.05) is 26.2 Å². The highest BCUT2D eigenvalue weighted by Gasteiger charge is 2.54. The molecule has 6 nitrogen and oxygen atoms in total. The largest absolute Gasteiger partial charge is 0.325 e. The van der Waals surface area contributed by atoms with Gasteiger partial charge in [-0.15, -0.1) is 0 Å². The van der Waals surface area contributed by atoms with Gasteiger partial charge in [0.05, 0.1) is 6.04 Å². The van der Waals surface area contributed by atoms with E-state index in [1.54, 1.807) is 4.90 Å². The van der Waals surface area contributed by atoms with Gasteiger partial charge < -0.3 is 15.1 Å². The van der Waals surface area contributed by atoms with Crippen LogP contribution in [-0.2, 0) is 11.2 Å². The number of likely N-dealkylation sites (tertiary alicyclic amines) is 2. The van der Waals surface area contributed by atoms with Crippen LogP contribution in [0, 0.1) is 0 Å². The van der Waals surface area contributed by atoms with Crippen LogP contribution in [-0.4, -0.2) is 77.5 Å². The Morgan fingerprint density at radius 2 is 1.79 bits per heavy atom. The van der Waals surface area contributed by atoms with Crippen LogP contribution in [0.2, 0.25) is 0 Å². The second-order valence-electron chi connectivity index (χ2n) is 8.86. The zero-order chi connectivity index (χ0) is 20.3. The van der Waals surface area contributed by atoms with E-state index in [2.05, 4.69) is 46.3 Å². The molecule has 1 aromatic rings. The van der Waals surface area contributed by atoms with Gasteiger partial charge in [-0.1, -0.05) is 37.3 Å². The molecule has 3 fully saturated rings. The van der Waals surface area contributed by atoms with Crippen LogP contribution < -0.4 is 5.32 Å². The van der Waals surface area contributed by atoms with Crippen molar-refractivity contribution < 1.29 is 9.59 Å². The number of carbonyl (C=O) groups excluding carboxylic acids is 2. The van der Waals surface area contributed by atoms with Crippen molar-refractivity contribution in [2.24, 2.45) is 0 Å². The molecule has 29 heavy (non-hydrogen) atoms. The lowest BCUT2D eigenvalue weighted by Gasteiger charge is -2.39. The molecule has 0 bridgehead atoms. The van der Waals surface area contributed by atoms with E-state index in [1.807, 2.05) is 6.07 Å². The fourth-order valence-electron chi connectivity index (χ4n) is 5.16. The van der Waals surface area contributed by atoms with E-state index in [1.165, 1.54) is 5.56 Å². The van der Waals surface area contributed by atoms with Crippen LogP contribution in [0.4, 0.5) is 4.79 Å². The summed E-state index contributed by atoms with van der Waals surface area (Å²) < 4.78 is 0. The number of urea groups is 1. The minimum Gasteiger partial charge on any atom is -0.323 e. The summed E-state index contributed by atoms with van der Waals surface area (Å²) >= 11 is 0. The Bertz CT molecular complexity index is 713. The number of piperidine rings is 2. The lowest BCUT2D eigenvalue weighted by Crippen LogP contribution is -2.56. The van der Waals surface area contributed by atoms with Gasteiger partial charge in [-0.3, -0.25) is 9.69 Å². The van der Waals surface area contributed by atoms with Crippen LogP contribution in [0.3, 0.4) is 0 Å². The molecule has 1 N–H and O–H groups in total. The second-order valence-corrected chi connectivity index (χ2v) is 8.86. The Morgan fingerprint density at radius 1 is 1.03 bits per heavy atom. The molecule has 3 aliphatic heterocycles. The normalized spacial score (nSPS) is 25.6. The summed E-state index contributed by atoms with van der Waals surface area (Å²) in [5.74, 6) is 0.0218. The molecule has 158 valence electrons. The third-order valence-corrected chi connectivity index (χ3v) is 6.85. The number of imide groups is 1. The van der Waals surface area contributed by atoms with Crippen molar-refractivity contribution in [2.75, 3.05) is 39.3 Å². The highest BCUT2D eigenvalue weighted by Crippen LogP contribution is 2.32. The molecule has 1 spiro atoms. The third kappa shape index (κ3) is 4.33. The molecule has 1 atom stereocenters. The van der Waals surface area contributed by atoms with Crippen LogP contribution >= 0.6 is 0 Å². The van der Waals surface area contributed by atoms with Crippen molar-refractivity contribution in [3.05, 3.63) is 35.9 Å². The molecule has 0 aromatic heterocycles. The van der Waals surface area contributed by atoms with Crippen LogP contribution in [0.1, 0.15) is 44.6 Å². The van der Waals surface area contributed by atoms with Crippen molar-refractivity contribution in [1.82, 2.24) is 20.0 Å². The maximum absolute atomic E-state index is 13.3. The molecule has 0 radical (unpaired) electrons. The van der Waals surface area contributed by atoms with Gasteiger partial charge >= 0.3 is 6.03 Å². The average Bonchev–Trinajstić information content (AvgIpc) is 2.98. The predicted molar refractivity (Wildman–Crippen MR) is 114 cm³/mol. The van der Waals surface area contributed by atoms with Crippen LogP contribution in [0.25, 0.3) is 0 Å². The first-order chi connectivity index (χ1) is 14.1. The Labute approximate surface area is 174 Å². The van der Waals surface area contributed by atoms with Gasteiger partial charge in [0.2, 0.25) is 0 Å². The SMILES string of the molecule is CCCN1CCC[C@H](N2C(=O)NC3(CCN(CCc4ccccc4)CC3)C2=O)C1. The van der Waals surface area contributed by atoms with E-state index in [-0.39, 0.29) is 18.0 Å². The van der Waals surface area contributed by atoms with Gasteiger partial charge in [0.25, 0.3) is 5.91 Å². The van der Waals surface area contributed by atoms with E-state index >= 15 is 0 Å². The topological polar surface area (TPSA) is 55.9 Å². The van der Waals surface area contributed by atoms with E-state index in [4.69, 9.17) is 0 Å². The number of hydrogen-bond donors (Lipinski definition) is 1. The zero-order valence-corrected chi connectivity index (χ0v) is 17.6. The van der Waals surface area contributed by atoms with Crippen molar-refractivity contribution in [3.8, 4) is 0 Å². The zero-order valence-electron chi connectivity index (χ0n) is 17.6. The fourth-order valence-corrected chi connectivity index (χ4v) is 5.16. The molecule has 3 heterocycles. The lowest BCUT2D eigenvalue weighted by atomic mass is 9.87. The number of amides is 3. The summed E-state index contributed by atoms with van der Waals surface area (Å²) in [5, 5.41) is 3.10. The molecule has 0 saturated carbocycles. The summed E-state index contributed by atoms with van der Waals surface area (Å²) in [6, 6.07) is 10.4. The average molecular weight is 399 g/mol. The molecular formula is C23H34N4O2. The van der Waals surface area contributed by atoms with E-state index in [0.29, 0.717) is 12.8 Å². The van der Waals surface area contributed by atoms with Crippen molar-refractivity contribution in [3.63, 3.8) is 0 Å². The first-order valence-corrected chi connectivity index (χ1v) is 11.3. The number of benzene rings is 1. The molecule has 4 rings (SSSR count). The highest BCUT2D eigenvalue weighted by atomic mass is 16.2. The Balaban J connectivity index is 1.34. The Morgan fingerprint density at radius 3 is 2.52 bits per heavy atom. The van der Waals surface area contributed by atoms with Crippen LogP contribution in [0.5, 0.6) is 0 Å². The first kappa shape index (κ1) is 20.4. The maximum Gasteiger partial charge on any atom is 0.325 e. The molecular weight excluding hydrogens is 364 g/mol. The Kier molecular flexibility index (Phi) is 6.20. The standard InChI is InChI=1S/C23H34N4O2/c1-2-13-26-14-6-9-20(18-26)27-21(28)23(24-22(27)29)11-16-25(17-12-23)15-10-19-7-4-3-5-8-19/h3-5,7-8,20H,2,6,9-18H2,1H3,(H,24,29)/t20-/m0/s1. The molecule has 3 amide bonds. The number of nitrogens with one attached hydrogen (secondary N) is 1. The minimum atomic E-state index is -0.673. The van der Waals surface area contributed by atoms with Gasteiger partial charge in [-0.05, 0) is 57.2 Å². The maximum atomic E-state index is 13.3. The number of carbonyl (C=O) groups is 2. The van der Waals surface area contributed by atoms with Gasteiger partial charge in [0.15, 0.2) is 0 Å². The van der Waals surface area contributed by atoms with Gasteiger partial charge in [0.1, 0.15) is 5.54 Å². The number of hydrogen-bond acceptors (Lipinski definition) is 4. The summed E-state index contributed by atoms with van der Waals surface area (Å²) in [6.07, 6.45) is 5.55. The number of nitrogens with zero attached hydrogens (tertiary/aromatic N) is 3. The van der Waals surface area contributed by atoms with E-state index in [0.717, 1.165) is 65.0 Å². The van der Waals surface area contributed by atoms with Crippen molar-refractivity contribution >= 4 is 11.9 Å². The fraction of sp³-hybridized carbons (Fsp3) is 0.652. The minimum absolute atomic E-state index is 0.0218. The van der Waals surface area contributed by atoms with E-state index in [9.17, 15) is 9.59 Å². The molecule has 6 heteroatoms. The van der Waals surface area contributed by atoms with E-state index < -0.39 is 5.54 Å². The molecule has 0 unspecified atom stereocenters. The third-order valence-electron chi connectivity index (χ3n) is 6.85. The number of rotatable bonds is 6. The van der Waals surface area contributed by atoms with Crippen molar-refractivity contribution in [1.29, 1.82) is 0 Å². The monoisotopic (exact) mass is 398 g/mol. The molecule has 3 saturated heterocycles. The lowest BCUT2D eigenvalue weighted by molar-refractivity contribution is -0.135. The molecule has 3 aliphatic rings. The molecule has 1 aromatic carbocycles. The first-order valence-electron chi connectivity index (χ1n) is 11.3. The van der Waals surface area contributed by atoms with Gasteiger partial charge in [-0.2, -0.15) is 0 Å². The summed E-state index contributed by atoms with van der Waals surface area (Å²) in [5.41, 5.74) is 0.672. The second kappa shape index (κ2) is 8.84. The molecule has 0 aliphatic carbocycles. The van der Waals surface area contributed by atoms with Gasteiger partial charge in [-0.25, -0.2) is 4.79 Å². The summed E-state index contributed by atoms with van der Waals surface area (Å²) in [4.78, 5) is 32.5. The quantitative estimate of drug-likeness (QED) is 0.748. The smallest absolute Gasteiger partial charge is 0.323 e. The van der Waals surface area contributed by atoms with Crippen LogP contribution in [0.15, 0.2) is 30.3 Å². The summed E-state index contributed by atoms with van der Waals surface area (Å²) in [6.45, 7) is 7.85. The highest BCUT2D eigenvalue weighted by molar-refractivity contribution is 6.07. The Hall–Kier alpha value is -1.92. The summed E-state index contributed by atoms with van der Waals surface area (Å²) in [7, 11) is 0. The van der Waals surface area contributed by atoms with Crippen molar-refractivity contribution in [2.45, 2.75) is 57.0 Å². The predicted octanol–water partition coefficient (Wildman–Crippen LogP) is 2.49.